The van der Waals surface area contributed by atoms with Gasteiger partial charge < -0.3 is 15.7 Å². The Kier molecular flexibility index (Phi) is 4.94. The summed E-state index contributed by atoms with van der Waals surface area (Å²) < 4.78 is 13.9. The summed E-state index contributed by atoms with van der Waals surface area (Å²) >= 11 is 0. The summed E-state index contributed by atoms with van der Waals surface area (Å²) in [5.41, 5.74) is 5.84. The van der Waals surface area contributed by atoms with Crippen LogP contribution in [0.4, 0.5) is 4.39 Å². The summed E-state index contributed by atoms with van der Waals surface area (Å²) in [7, 11) is 0. The predicted molar refractivity (Wildman–Crippen MR) is 78.0 cm³/mol. The molecule has 1 heterocycles. The number of nitrogens with zero attached hydrogens (tertiary/aromatic N) is 1. The first kappa shape index (κ1) is 15.5. The van der Waals surface area contributed by atoms with Crippen LogP contribution in [0.1, 0.15) is 29.3 Å². The van der Waals surface area contributed by atoms with Crippen molar-refractivity contribution in [3.8, 4) is 11.8 Å². The zero-order valence-corrected chi connectivity index (χ0v) is 12.0. The van der Waals surface area contributed by atoms with Crippen LogP contribution in [0.25, 0.3) is 0 Å². The van der Waals surface area contributed by atoms with E-state index in [1.807, 2.05) is 6.92 Å². The van der Waals surface area contributed by atoms with E-state index >= 15 is 0 Å². The highest BCUT2D eigenvalue weighted by molar-refractivity contribution is 5.95. The zero-order valence-electron chi connectivity index (χ0n) is 12.0. The molecule has 112 valence electrons. The Morgan fingerprint density at radius 3 is 3.00 bits per heavy atom. The molecule has 0 aliphatic carbocycles. The molecule has 0 radical (unpaired) electrons. The van der Waals surface area contributed by atoms with Gasteiger partial charge in [-0.05, 0) is 30.5 Å². The first-order valence-electron chi connectivity index (χ1n) is 6.98. The van der Waals surface area contributed by atoms with E-state index in [1.165, 1.54) is 23.1 Å². The lowest BCUT2D eigenvalue weighted by molar-refractivity contribution is 0.0246. The fourth-order valence-electron chi connectivity index (χ4n) is 2.32. The Bertz CT molecular complexity index is 592. The fraction of sp³-hybridized carbons (Fsp3) is 0.438. The second-order valence-corrected chi connectivity index (χ2v) is 5.29. The molecule has 1 amide bonds. The Morgan fingerprint density at radius 1 is 1.57 bits per heavy atom. The van der Waals surface area contributed by atoms with Crippen molar-refractivity contribution in [2.24, 2.45) is 11.7 Å². The number of nitrogens with two attached hydrogens (primary N) is 1. The summed E-state index contributed by atoms with van der Waals surface area (Å²) in [5.74, 6) is 4.63. The van der Waals surface area contributed by atoms with Crippen molar-refractivity contribution in [3.63, 3.8) is 0 Å². The first-order valence-corrected chi connectivity index (χ1v) is 6.98. The highest BCUT2D eigenvalue weighted by Crippen LogP contribution is 2.20. The van der Waals surface area contributed by atoms with E-state index in [9.17, 15) is 14.3 Å². The van der Waals surface area contributed by atoms with E-state index in [2.05, 4.69) is 11.8 Å². The molecule has 1 aliphatic rings. The summed E-state index contributed by atoms with van der Waals surface area (Å²) in [6.45, 7) is 2.90. The number of likely N-dealkylation sites (tertiary alicyclic amines) is 1. The quantitative estimate of drug-likeness (QED) is 0.758. The second-order valence-electron chi connectivity index (χ2n) is 5.29. The Labute approximate surface area is 123 Å². The maximum absolute atomic E-state index is 13.9. The molecule has 5 heteroatoms. The normalized spacial score (nSPS) is 21.6. The van der Waals surface area contributed by atoms with Crippen LogP contribution in [0.3, 0.4) is 0 Å². The molecule has 3 N–H and O–H groups in total. The maximum atomic E-state index is 13.9. The average molecular weight is 290 g/mol. The third-order valence-corrected chi connectivity index (χ3v) is 3.74. The molecule has 1 aromatic carbocycles. The van der Waals surface area contributed by atoms with Crippen LogP contribution in [0.2, 0.25) is 0 Å². The molecular weight excluding hydrogens is 271 g/mol. The van der Waals surface area contributed by atoms with Gasteiger partial charge in [-0.3, -0.25) is 4.79 Å². The van der Waals surface area contributed by atoms with Crippen molar-refractivity contribution in [2.75, 3.05) is 19.6 Å². The molecule has 0 spiro atoms. The number of rotatable bonds is 1. The number of carbonyl (C=O) groups excluding carboxylic acids is 1. The molecule has 1 saturated heterocycles. The van der Waals surface area contributed by atoms with Crippen LogP contribution in [0.5, 0.6) is 0 Å². The number of β-amino-alcohol motifs (C(OH)–C–C–N with tert-alkyl or cyclic N) is 1. The van der Waals surface area contributed by atoms with Crippen LogP contribution in [-0.4, -0.2) is 41.7 Å². The zero-order chi connectivity index (χ0) is 15.4. The molecule has 1 aromatic rings. The number of hydrogen-bond acceptors (Lipinski definition) is 3. The van der Waals surface area contributed by atoms with Gasteiger partial charge in [-0.1, -0.05) is 18.8 Å². The highest BCUT2D eigenvalue weighted by atomic mass is 19.1. The van der Waals surface area contributed by atoms with Crippen LogP contribution >= 0.6 is 0 Å². The van der Waals surface area contributed by atoms with Gasteiger partial charge in [0.15, 0.2) is 0 Å². The minimum atomic E-state index is -0.577. The summed E-state index contributed by atoms with van der Waals surface area (Å²) in [4.78, 5) is 13.9. The second kappa shape index (κ2) is 6.70. The number of hydrogen-bond donors (Lipinski definition) is 2. The third kappa shape index (κ3) is 3.60. The maximum Gasteiger partial charge on any atom is 0.256 e. The van der Waals surface area contributed by atoms with Gasteiger partial charge in [-0.2, -0.15) is 0 Å². The van der Waals surface area contributed by atoms with Gasteiger partial charge in [0.05, 0.1) is 18.2 Å². The summed E-state index contributed by atoms with van der Waals surface area (Å²) in [6, 6.07) is 4.18. The SMILES string of the molecule is CC1CCN(C(=O)c2cc(C#CCN)ccc2F)CC1O. The molecule has 4 nitrogen and oxygen atoms in total. The summed E-state index contributed by atoms with van der Waals surface area (Å²) in [5, 5.41) is 9.86. The van der Waals surface area contributed by atoms with Gasteiger partial charge >= 0.3 is 0 Å². The van der Waals surface area contributed by atoms with Crippen LogP contribution < -0.4 is 5.73 Å². The number of benzene rings is 1. The average Bonchev–Trinajstić information content (AvgIpc) is 2.48. The minimum Gasteiger partial charge on any atom is -0.391 e. The standard InChI is InChI=1S/C16H19FN2O2/c1-11-6-8-19(10-15(11)20)16(21)13-9-12(3-2-7-18)4-5-14(13)17/h4-5,9,11,15,20H,6-8,10,18H2,1H3. The Balaban J connectivity index is 2.22. The minimum absolute atomic E-state index is 0.0134. The molecule has 2 atom stereocenters. The molecule has 1 aliphatic heterocycles. The number of amides is 1. The monoisotopic (exact) mass is 290 g/mol. The number of halogens is 1. The van der Waals surface area contributed by atoms with Crippen LogP contribution in [0.15, 0.2) is 18.2 Å². The molecule has 0 bridgehead atoms. The number of piperidine rings is 1. The topological polar surface area (TPSA) is 66.6 Å². The lowest BCUT2D eigenvalue weighted by atomic mass is 9.95. The van der Waals surface area contributed by atoms with E-state index in [0.29, 0.717) is 18.5 Å². The van der Waals surface area contributed by atoms with Gasteiger partial charge in [-0.15, -0.1) is 0 Å². The molecule has 2 unspecified atom stereocenters. The Hall–Kier alpha value is -1.90. The van der Waals surface area contributed by atoms with Crippen molar-refractivity contribution >= 4 is 5.91 Å². The van der Waals surface area contributed by atoms with Gasteiger partial charge in [0, 0.05) is 18.7 Å². The van der Waals surface area contributed by atoms with E-state index in [-0.39, 0.29) is 24.6 Å². The van der Waals surface area contributed by atoms with Gasteiger partial charge in [0.2, 0.25) is 0 Å². The van der Waals surface area contributed by atoms with Crippen molar-refractivity contribution in [1.29, 1.82) is 0 Å². The van der Waals surface area contributed by atoms with Gasteiger partial charge in [0.25, 0.3) is 5.91 Å². The third-order valence-electron chi connectivity index (χ3n) is 3.74. The lowest BCUT2D eigenvalue weighted by Gasteiger charge is -2.34. The van der Waals surface area contributed by atoms with Crippen LogP contribution in [-0.2, 0) is 0 Å². The smallest absolute Gasteiger partial charge is 0.256 e. The lowest BCUT2D eigenvalue weighted by Crippen LogP contribution is -2.46. The molecule has 1 fully saturated rings. The molecule has 0 aromatic heterocycles. The van der Waals surface area contributed by atoms with Gasteiger partial charge in [0.1, 0.15) is 5.82 Å². The Morgan fingerprint density at radius 2 is 2.33 bits per heavy atom. The number of aliphatic hydroxyl groups excluding tert-OH is 1. The number of carbonyl (C=O) groups is 1. The van der Waals surface area contributed by atoms with E-state index in [1.54, 1.807) is 0 Å². The molecule has 21 heavy (non-hydrogen) atoms. The molecule has 0 saturated carbocycles. The number of aliphatic hydroxyl groups is 1. The molecule has 2 rings (SSSR count). The van der Waals surface area contributed by atoms with Crippen molar-refractivity contribution in [2.45, 2.75) is 19.4 Å². The van der Waals surface area contributed by atoms with Crippen molar-refractivity contribution in [1.82, 2.24) is 4.90 Å². The van der Waals surface area contributed by atoms with Crippen molar-refractivity contribution < 1.29 is 14.3 Å². The predicted octanol–water partition coefficient (Wildman–Crippen LogP) is 0.979. The summed E-state index contributed by atoms with van der Waals surface area (Å²) in [6.07, 6.45) is 0.146. The van der Waals surface area contributed by atoms with Gasteiger partial charge in [-0.25, -0.2) is 4.39 Å². The highest BCUT2D eigenvalue weighted by Gasteiger charge is 2.29. The molecular formula is C16H19FN2O2. The van der Waals surface area contributed by atoms with E-state index in [0.717, 1.165) is 0 Å². The fourth-order valence-corrected chi connectivity index (χ4v) is 2.32. The largest absolute Gasteiger partial charge is 0.391 e. The first-order chi connectivity index (χ1) is 10.0. The van der Waals surface area contributed by atoms with E-state index < -0.39 is 17.8 Å². The van der Waals surface area contributed by atoms with Crippen molar-refractivity contribution in [3.05, 3.63) is 35.1 Å². The van der Waals surface area contributed by atoms with Crippen LogP contribution in [0, 0.1) is 23.6 Å². The van der Waals surface area contributed by atoms with E-state index in [4.69, 9.17) is 5.73 Å².